The minimum atomic E-state index is -0.606. The van der Waals surface area contributed by atoms with Gasteiger partial charge in [0, 0.05) is 0 Å². The van der Waals surface area contributed by atoms with Gasteiger partial charge >= 0.3 is 13.1 Å². The fourth-order valence-corrected chi connectivity index (χ4v) is 2.37. The summed E-state index contributed by atoms with van der Waals surface area (Å²) in [5.74, 6) is 0.967. The first-order valence-corrected chi connectivity index (χ1v) is 7.47. The highest BCUT2D eigenvalue weighted by atomic mass is 16.5. The van der Waals surface area contributed by atoms with Crippen molar-refractivity contribution in [1.29, 1.82) is 0 Å². The second kappa shape index (κ2) is 6.44. The van der Waals surface area contributed by atoms with Crippen LogP contribution in [0, 0.1) is 0 Å². The molecule has 0 fully saturated rings. The highest BCUT2D eigenvalue weighted by molar-refractivity contribution is 6.61. The highest BCUT2D eigenvalue weighted by Crippen LogP contribution is 2.24. The Morgan fingerprint density at radius 1 is 1.17 bits per heavy atom. The van der Waals surface area contributed by atoms with Gasteiger partial charge in [-0.2, -0.15) is 0 Å². The molecule has 5 nitrogen and oxygen atoms in total. The molecule has 2 aromatic rings. The minimum absolute atomic E-state index is 0.145. The van der Waals surface area contributed by atoms with Crippen LogP contribution >= 0.6 is 0 Å². The first-order valence-electron chi connectivity index (χ1n) is 7.47. The van der Waals surface area contributed by atoms with E-state index in [0.29, 0.717) is 23.7 Å². The summed E-state index contributed by atoms with van der Waals surface area (Å²) < 4.78 is 16.2. The first-order chi connectivity index (χ1) is 11.0. The second-order valence-electron chi connectivity index (χ2n) is 5.63. The largest absolute Gasteiger partial charge is 0.731 e. The van der Waals surface area contributed by atoms with Crippen LogP contribution in [-0.2, 0) is 16.0 Å². The van der Waals surface area contributed by atoms with Crippen molar-refractivity contribution >= 4 is 18.6 Å². The zero-order valence-corrected chi connectivity index (χ0v) is 13.0. The zero-order valence-electron chi connectivity index (χ0n) is 13.0. The average molecular weight is 313 g/mol. The van der Waals surface area contributed by atoms with E-state index >= 15 is 0 Å². The predicted octanol–water partition coefficient (Wildman–Crippen LogP) is 1.99. The zero-order chi connectivity index (χ0) is 16.4. The minimum Gasteiger partial charge on any atom is -0.522 e. The number of ether oxygens (including phenoxy) is 2. The number of hydrogen-bond acceptors (Lipinski definition) is 4. The van der Waals surface area contributed by atoms with Crippen molar-refractivity contribution in [2.45, 2.75) is 26.6 Å². The summed E-state index contributed by atoms with van der Waals surface area (Å²) in [6.45, 7) is 4.06. The van der Waals surface area contributed by atoms with E-state index in [-0.39, 0.29) is 12.1 Å². The van der Waals surface area contributed by atoms with E-state index in [1.807, 2.05) is 32.0 Å². The molecule has 0 spiro atoms. The van der Waals surface area contributed by atoms with Gasteiger partial charge in [0.15, 0.2) is 0 Å². The lowest BCUT2D eigenvalue weighted by atomic mass is 9.80. The molecule has 0 radical (unpaired) electrons. The third-order valence-corrected chi connectivity index (χ3v) is 3.47. The van der Waals surface area contributed by atoms with E-state index in [4.69, 9.17) is 19.2 Å². The summed E-state index contributed by atoms with van der Waals surface area (Å²) in [6, 6.07) is 12.4. The van der Waals surface area contributed by atoms with Gasteiger partial charge in [-0.05, 0) is 55.8 Å². The maximum absolute atomic E-state index is 11.8. The van der Waals surface area contributed by atoms with Crippen LogP contribution in [0.4, 0.5) is 0 Å². The van der Waals surface area contributed by atoms with Gasteiger partial charge in [0.25, 0.3) is 0 Å². The Kier molecular flexibility index (Phi) is 4.36. The normalized spacial score (nSPS) is 13.1. The Balaban J connectivity index is 1.70. The lowest BCUT2D eigenvalue weighted by Crippen LogP contribution is -2.27. The topological polar surface area (TPSA) is 67.7 Å². The molecule has 118 valence electrons. The van der Waals surface area contributed by atoms with Crippen LogP contribution in [0.15, 0.2) is 42.5 Å². The number of benzene rings is 2. The van der Waals surface area contributed by atoms with Gasteiger partial charge in [0.1, 0.15) is 11.5 Å². The van der Waals surface area contributed by atoms with Gasteiger partial charge in [-0.25, -0.2) is 4.79 Å². The van der Waals surface area contributed by atoms with E-state index in [2.05, 4.69) is 0 Å². The van der Waals surface area contributed by atoms with E-state index in [0.717, 1.165) is 11.0 Å². The van der Waals surface area contributed by atoms with Gasteiger partial charge in [-0.15, -0.1) is 0 Å². The lowest BCUT2D eigenvalue weighted by molar-refractivity contribution is 0.0378. The van der Waals surface area contributed by atoms with E-state index in [9.17, 15) is 4.79 Å². The molecule has 0 aromatic heterocycles. The van der Waals surface area contributed by atoms with Crippen LogP contribution in [0.25, 0.3) is 0 Å². The molecule has 1 heterocycles. The first kappa shape index (κ1) is 15.6. The smallest absolute Gasteiger partial charge is 0.522 e. The van der Waals surface area contributed by atoms with E-state index in [1.165, 1.54) is 0 Å². The molecule has 0 bridgehead atoms. The molecule has 0 aliphatic carbocycles. The summed E-state index contributed by atoms with van der Waals surface area (Å²) in [7, 11) is -0.606. The van der Waals surface area contributed by atoms with Crippen LogP contribution < -0.4 is 10.2 Å². The molecule has 0 atom stereocenters. The van der Waals surface area contributed by atoms with Crippen molar-refractivity contribution < 1.29 is 23.9 Å². The molecular formula is C17H18BO5+. The number of rotatable bonds is 4. The molecule has 0 saturated carbocycles. The van der Waals surface area contributed by atoms with Gasteiger partial charge in [0.05, 0.1) is 23.7 Å². The van der Waals surface area contributed by atoms with Crippen LogP contribution in [0.3, 0.4) is 0 Å². The molecule has 23 heavy (non-hydrogen) atoms. The van der Waals surface area contributed by atoms with Crippen LogP contribution in [-0.4, -0.2) is 24.2 Å². The third kappa shape index (κ3) is 3.55. The lowest BCUT2D eigenvalue weighted by Gasteiger charge is -2.09. The molecule has 2 N–H and O–H groups in total. The standard InChI is InChI=1S/C17H17BO5/c1-11(2)22-17(19)12-3-5-14(6-4-12)23-15-7-8-16-13(9-15)10-21-18(16)20/h3-9,11,20H,10H2,1-2H3/p+1. The van der Waals surface area contributed by atoms with E-state index in [1.54, 1.807) is 24.3 Å². The fourth-order valence-electron chi connectivity index (χ4n) is 2.37. The van der Waals surface area contributed by atoms with Crippen molar-refractivity contribution in [1.82, 2.24) is 0 Å². The molecule has 3 rings (SSSR count). The van der Waals surface area contributed by atoms with Crippen molar-refractivity contribution in [3.8, 4) is 11.5 Å². The number of fused-ring (bicyclic) bond motifs is 1. The number of esters is 1. The molecule has 0 saturated heterocycles. The maximum atomic E-state index is 11.8. The highest BCUT2D eigenvalue weighted by Gasteiger charge is 2.36. The van der Waals surface area contributed by atoms with Gasteiger partial charge in [-0.1, -0.05) is 6.07 Å². The Labute approximate surface area is 134 Å². The quantitative estimate of drug-likeness (QED) is 0.492. The SMILES string of the molecule is CC(C)OC(=O)c1ccc(Oc2ccc3c(c2)COB3[OH2+])cc1. The fraction of sp³-hybridized carbons (Fsp3) is 0.235. The maximum Gasteiger partial charge on any atom is 0.731 e. The van der Waals surface area contributed by atoms with Crippen LogP contribution in [0.5, 0.6) is 11.5 Å². The Bertz CT molecular complexity index is 711. The van der Waals surface area contributed by atoms with Crippen LogP contribution in [0.2, 0.25) is 0 Å². The second-order valence-corrected chi connectivity index (χ2v) is 5.63. The number of carbonyl (C=O) groups excluding carboxylic acids is 1. The van der Waals surface area contributed by atoms with E-state index < -0.39 is 7.12 Å². The summed E-state index contributed by atoms with van der Waals surface area (Å²) in [4.78, 5) is 11.8. The Hall–Kier alpha value is -2.31. The number of hydrogen-bond donors (Lipinski definition) is 0. The van der Waals surface area contributed by atoms with Crippen molar-refractivity contribution in [2.24, 2.45) is 0 Å². The predicted molar refractivity (Wildman–Crippen MR) is 87.3 cm³/mol. The molecular weight excluding hydrogens is 295 g/mol. The Morgan fingerprint density at radius 3 is 2.57 bits per heavy atom. The third-order valence-electron chi connectivity index (χ3n) is 3.47. The summed E-state index contributed by atoms with van der Waals surface area (Å²) in [6.07, 6.45) is -0.145. The van der Waals surface area contributed by atoms with Gasteiger partial charge < -0.3 is 19.2 Å². The summed E-state index contributed by atoms with van der Waals surface area (Å²) >= 11 is 0. The molecule has 1 aliphatic heterocycles. The van der Waals surface area contributed by atoms with Gasteiger partial charge in [0.2, 0.25) is 0 Å². The Morgan fingerprint density at radius 2 is 1.87 bits per heavy atom. The molecule has 6 heteroatoms. The van der Waals surface area contributed by atoms with Crippen molar-refractivity contribution in [3.63, 3.8) is 0 Å². The molecule has 0 unspecified atom stereocenters. The monoisotopic (exact) mass is 313 g/mol. The van der Waals surface area contributed by atoms with Crippen molar-refractivity contribution in [3.05, 3.63) is 53.6 Å². The molecule has 2 aromatic carbocycles. The summed E-state index contributed by atoms with van der Waals surface area (Å²) in [5.41, 5.74) is 2.34. The number of carbonyl (C=O) groups is 1. The molecule has 1 aliphatic rings. The molecule has 0 amide bonds. The van der Waals surface area contributed by atoms with Gasteiger partial charge in [-0.3, -0.25) is 0 Å². The van der Waals surface area contributed by atoms with Crippen LogP contribution in [0.1, 0.15) is 29.8 Å². The summed E-state index contributed by atoms with van der Waals surface area (Å²) in [5, 5.41) is 7.71. The van der Waals surface area contributed by atoms with Crippen molar-refractivity contribution in [2.75, 3.05) is 0 Å². The average Bonchev–Trinajstić information content (AvgIpc) is 2.88.